The highest BCUT2D eigenvalue weighted by molar-refractivity contribution is 6.30. The number of fused-ring (bicyclic) bond motifs is 1. The van der Waals surface area contributed by atoms with E-state index < -0.39 is 0 Å². The van der Waals surface area contributed by atoms with Gasteiger partial charge in [-0.05, 0) is 39.8 Å². The van der Waals surface area contributed by atoms with Gasteiger partial charge in [0.25, 0.3) is 0 Å². The molecular formula is C18H20ClN5. The van der Waals surface area contributed by atoms with Gasteiger partial charge in [-0.1, -0.05) is 30.3 Å². The number of benzene rings is 1. The van der Waals surface area contributed by atoms with Crippen LogP contribution >= 0.6 is 11.6 Å². The molecule has 0 spiro atoms. The van der Waals surface area contributed by atoms with Crippen LogP contribution in [-0.4, -0.2) is 19.7 Å². The van der Waals surface area contributed by atoms with E-state index in [0.717, 1.165) is 28.0 Å². The number of aromatic nitrogens is 4. The lowest BCUT2D eigenvalue weighted by Gasteiger charge is -2.19. The monoisotopic (exact) mass is 341 g/mol. The van der Waals surface area contributed by atoms with Gasteiger partial charge in [0.1, 0.15) is 17.8 Å². The van der Waals surface area contributed by atoms with Crippen LogP contribution in [0.3, 0.4) is 0 Å². The minimum absolute atomic E-state index is 0.211. The number of allylic oxidation sites excluding steroid dienone is 1. The van der Waals surface area contributed by atoms with Gasteiger partial charge in [0.15, 0.2) is 5.65 Å². The molecule has 0 aliphatic heterocycles. The number of hydrogen-bond donors (Lipinski definition) is 1. The largest absolute Gasteiger partial charge is 0.344 e. The van der Waals surface area contributed by atoms with Gasteiger partial charge in [0, 0.05) is 16.3 Å². The summed E-state index contributed by atoms with van der Waals surface area (Å²) in [5.41, 5.74) is 3.16. The molecule has 0 atom stereocenters. The number of rotatable bonds is 3. The molecule has 1 aromatic carbocycles. The van der Waals surface area contributed by atoms with Crippen LogP contribution in [0.4, 0.5) is 5.82 Å². The summed E-state index contributed by atoms with van der Waals surface area (Å²) in [6.45, 7) is 12.1. The Balaban J connectivity index is 2.34. The Hall–Kier alpha value is -2.40. The van der Waals surface area contributed by atoms with E-state index in [-0.39, 0.29) is 5.54 Å². The van der Waals surface area contributed by atoms with Gasteiger partial charge in [-0.3, -0.25) is 0 Å². The molecule has 0 aliphatic rings. The van der Waals surface area contributed by atoms with Crippen molar-refractivity contribution in [2.45, 2.75) is 33.2 Å². The maximum Gasteiger partial charge on any atom is 0.164 e. The van der Waals surface area contributed by atoms with Gasteiger partial charge in [-0.25, -0.2) is 14.6 Å². The van der Waals surface area contributed by atoms with Crippen LogP contribution in [-0.2, 0) is 5.54 Å². The second-order valence-electron chi connectivity index (χ2n) is 6.76. The van der Waals surface area contributed by atoms with E-state index in [2.05, 4.69) is 42.6 Å². The Morgan fingerprint density at radius 1 is 1.17 bits per heavy atom. The van der Waals surface area contributed by atoms with E-state index in [4.69, 9.17) is 16.7 Å². The first-order valence-electron chi connectivity index (χ1n) is 7.70. The zero-order valence-electron chi connectivity index (χ0n) is 14.3. The normalized spacial score (nSPS) is 11.7. The Bertz CT molecular complexity index is 904. The van der Waals surface area contributed by atoms with Crippen LogP contribution in [0.25, 0.3) is 22.3 Å². The van der Waals surface area contributed by atoms with E-state index in [9.17, 15) is 0 Å². The summed E-state index contributed by atoms with van der Waals surface area (Å²) < 4.78 is 1.93. The summed E-state index contributed by atoms with van der Waals surface area (Å²) >= 11 is 6.02. The third-order valence-electron chi connectivity index (χ3n) is 3.55. The van der Waals surface area contributed by atoms with Crippen molar-refractivity contribution >= 4 is 28.5 Å². The van der Waals surface area contributed by atoms with E-state index >= 15 is 0 Å². The summed E-state index contributed by atoms with van der Waals surface area (Å²) in [7, 11) is 0. The Labute approximate surface area is 146 Å². The van der Waals surface area contributed by atoms with E-state index in [1.807, 2.05) is 35.9 Å². The lowest BCUT2D eigenvalue weighted by molar-refractivity contribution is 0.367. The number of nitrogens with zero attached hydrogens (tertiary/aromatic N) is 4. The van der Waals surface area contributed by atoms with Crippen LogP contribution in [0.2, 0.25) is 5.02 Å². The Morgan fingerprint density at radius 2 is 1.83 bits per heavy atom. The van der Waals surface area contributed by atoms with Crippen LogP contribution in [0, 0.1) is 0 Å². The first-order chi connectivity index (χ1) is 11.3. The van der Waals surface area contributed by atoms with Gasteiger partial charge in [0.2, 0.25) is 0 Å². The maximum absolute atomic E-state index is 6.02. The van der Waals surface area contributed by atoms with Gasteiger partial charge < -0.3 is 5.32 Å². The predicted molar refractivity (Wildman–Crippen MR) is 99.2 cm³/mol. The fourth-order valence-corrected chi connectivity index (χ4v) is 2.65. The number of hydrogen-bond acceptors (Lipinski definition) is 4. The molecule has 3 aromatic rings. The molecule has 0 amide bonds. The molecule has 0 bridgehead atoms. The quantitative estimate of drug-likeness (QED) is 0.740. The van der Waals surface area contributed by atoms with Gasteiger partial charge in [-0.15, -0.1) is 0 Å². The number of nitrogens with one attached hydrogen (secondary N) is 1. The van der Waals surface area contributed by atoms with E-state index in [0.29, 0.717) is 10.8 Å². The minimum Gasteiger partial charge on any atom is -0.344 e. The number of halogens is 1. The smallest absolute Gasteiger partial charge is 0.164 e. The summed E-state index contributed by atoms with van der Waals surface area (Å²) in [4.78, 5) is 8.86. The van der Waals surface area contributed by atoms with Crippen molar-refractivity contribution in [2.24, 2.45) is 0 Å². The van der Waals surface area contributed by atoms with Crippen molar-refractivity contribution in [3.63, 3.8) is 0 Å². The van der Waals surface area contributed by atoms with Crippen molar-refractivity contribution in [1.29, 1.82) is 0 Å². The average Bonchev–Trinajstić information content (AvgIpc) is 2.88. The first kappa shape index (κ1) is 16.5. The second-order valence-corrected chi connectivity index (χ2v) is 7.20. The summed E-state index contributed by atoms with van der Waals surface area (Å²) in [6, 6.07) is 7.62. The lowest BCUT2D eigenvalue weighted by Crippen LogP contribution is -2.23. The SMILES string of the molecule is C=C(C)Nc1ncnc2c1c(-c1ccc(Cl)cc1)nn2C(C)(C)C. The Kier molecular flexibility index (Phi) is 4.05. The summed E-state index contributed by atoms with van der Waals surface area (Å²) in [5, 5.41) is 9.60. The molecule has 0 aliphatic carbocycles. The fraction of sp³-hybridized carbons (Fsp3) is 0.278. The third-order valence-corrected chi connectivity index (χ3v) is 3.80. The Morgan fingerprint density at radius 3 is 2.42 bits per heavy atom. The van der Waals surface area contributed by atoms with Crippen LogP contribution in [0.15, 0.2) is 42.9 Å². The molecule has 0 saturated carbocycles. The highest BCUT2D eigenvalue weighted by Crippen LogP contribution is 2.34. The van der Waals surface area contributed by atoms with Crippen molar-refractivity contribution < 1.29 is 0 Å². The maximum atomic E-state index is 6.02. The highest BCUT2D eigenvalue weighted by Gasteiger charge is 2.24. The van der Waals surface area contributed by atoms with E-state index in [1.165, 1.54) is 0 Å². The zero-order valence-corrected chi connectivity index (χ0v) is 15.0. The molecule has 3 rings (SSSR count). The molecule has 0 fully saturated rings. The molecular weight excluding hydrogens is 322 g/mol. The molecule has 6 heteroatoms. The van der Waals surface area contributed by atoms with Crippen molar-refractivity contribution in [2.75, 3.05) is 5.32 Å². The van der Waals surface area contributed by atoms with Crippen molar-refractivity contribution in [1.82, 2.24) is 19.7 Å². The van der Waals surface area contributed by atoms with Crippen LogP contribution < -0.4 is 5.32 Å². The molecule has 2 aromatic heterocycles. The lowest BCUT2D eigenvalue weighted by atomic mass is 10.1. The second kappa shape index (κ2) is 5.91. The molecule has 24 heavy (non-hydrogen) atoms. The van der Waals surface area contributed by atoms with Crippen molar-refractivity contribution in [3.05, 3.63) is 47.9 Å². The molecule has 124 valence electrons. The topological polar surface area (TPSA) is 55.6 Å². The predicted octanol–water partition coefficient (Wildman–Crippen LogP) is 4.85. The first-order valence-corrected chi connectivity index (χ1v) is 8.08. The summed E-state index contributed by atoms with van der Waals surface area (Å²) in [5.74, 6) is 0.702. The molecule has 0 radical (unpaired) electrons. The standard InChI is InChI=1S/C18H20ClN5/c1-11(2)22-16-14-15(12-6-8-13(19)9-7-12)23-24(18(3,4)5)17(14)21-10-20-16/h6-10H,1H2,2-5H3,(H,20,21,22). The fourth-order valence-electron chi connectivity index (χ4n) is 2.53. The molecule has 0 saturated heterocycles. The van der Waals surface area contributed by atoms with Gasteiger partial charge in [0.05, 0.1) is 10.9 Å². The zero-order chi connectivity index (χ0) is 17.5. The number of anilines is 1. The molecule has 0 unspecified atom stereocenters. The van der Waals surface area contributed by atoms with E-state index in [1.54, 1.807) is 6.33 Å². The average molecular weight is 342 g/mol. The molecule has 5 nitrogen and oxygen atoms in total. The molecule has 2 heterocycles. The van der Waals surface area contributed by atoms with Gasteiger partial charge in [-0.2, -0.15) is 5.10 Å². The third kappa shape index (κ3) is 2.99. The van der Waals surface area contributed by atoms with Crippen molar-refractivity contribution in [3.8, 4) is 11.3 Å². The van der Waals surface area contributed by atoms with Crippen LogP contribution in [0.5, 0.6) is 0 Å². The summed E-state index contributed by atoms with van der Waals surface area (Å²) in [6.07, 6.45) is 1.54. The van der Waals surface area contributed by atoms with Crippen LogP contribution in [0.1, 0.15) is 27.7 Å². The minimum atomic E-state index is -0.211. The molecule has 1 N–H and O–H groups in total. The highest BCUT2D eigenvalue weighted by atomic mass is 35.5. The van der Waals surface area contributed by atoms with Gasteiger partial charge >= 0.3 is 0 Å².